The largest absolute Gasteiger partial charge is 0.772 e. The van der Waals surface area contributed by atoms with Crippen molar-refractivity contribution >= 4 is 33.6 Å². The molecule has 0 aliphatic rings. The van der Waals surface area contributed by atoms with Gasteiger partial charge in [-0.1, -0.05) is 6.07 Å². The Balaban J connectivity index is 2.33. The van der Waals surface area contributed by atoms with E-state index >= 15 is 0 Å². The number of rotatable bonds is 4. The van der Waals surface area contributed by atoms with E-state index in [2.05, 4.69) is 15.3 Å². The average molecular weight is 297 g/mol. The van der Waals surface area contributed by atoms with Crippen molar-refractivity contribution < 1.29 is 13.6 Å². The number of hydrogen-bond acceptors (Lipinski definition) is 6. The Kier molecular flexibility index (Phi) is 4.20. The molecule has 9 heteroatoms. The molecule has 0 fully saturated rings. The summed E-state index contributed by atoms with van der Waals surface area (Å²) in [6, 6.07) is 2.56. The molecule has 0 bridgehead atoms. The first-order chi connectivity index (χ1) is 9.08. The van der Waals surface area contributed by atoms with Crippen molar-refractivity contribution in [1.29, 1.82) is 0 Å². The zero-order valence-electron chi connectivity index (χ0n) is 9.48. The highest BCUT2D eigenvalue weighted by molar-refractivity contribution is 7.79. The van der Waals surface area contributed by atoms with Gasteiger partial charge in [-0.15, -0.1) is 11.3 Å². The SMILES string of the molecule is NC(=O)Nc1ncc(C(c2cccnc2)S(=O)[O-])s1. The summed E-state index contributed by atoms with van der Waals surface area (Å²) >= 11 is -1.32. The van der Waals surface area contributed by atoms with Crippen LogP contribution in [0.15, 0.2) is 30.7 Å². The minimum absolute atomic E-state index is 0.252. The fourth-order valence-electron chi connectivity index (χ4n) is 1.47. The first-order valence-corrected chi connectivity index (χ1v) is 7.03. The number of nitrogens with one attached hydrogen (secondary N) is 1. The second-order valence-corrected chi connectivity index (χ2v) is 5.54. The fourth-order valence-corrected chi connectivity index (χ4v) is 3.29. The molecule has 0 radical (unpaired) electrons. The van der Waals surface area contributed by atoms with Crippen LogP contribution >= 0.6 is 11.3 Å². The minimum atomic E-state index is -2.37. The Hall–Kier alpha value is -1.84. The van der Waals surface area contributed by atoms with Crippen LogP contribution in [0, 0.1) is 0 Å². The summed E-state index contributed by atoms with van der Waals surface area (Å²) < 4.78 is 22.7. The summed E-state index contributed by atoms with van der Waals surface area (Å²) in [6.07, 6.45) is 4.42. The third kappa shape index (κ3) is 3.34. The van der Waals surface area contributed by atoms with Gasteiger partial charge in [0.2, 0.25) is 0 Å². The first-order valence-electron chi connectivity index (χ1n) is 5.08. The van der Waals surface area contributed by atoms with Gasteiger partial charge < -0.3 is 10.3 Å². The van der Waals surface area contributed by atoms with E-state index in [0.717, 1.165) is 11.3 Å². The first kappa shape index (κ1) is 13.6. The van der Waals surface area contributed by atoms with Gasteiger partial charge in [0.1, 0.15) is 0 Å². The molecule has 2 aromatic rings. The van der Waals surface area contributed by atoms with E-state index in [1.54, 1.807) is 18.3 Å². The maximum absolute atomic E-state index is 11.4. The monoisotopic (exact) mass is 297 g/mol. The minimum Gasteiger partial charge on any atom is -0.772 e. The molecule has 2 unspecified atom stereocenters. The van der Waals surface area contributed by atoms with Crippen molar-refractivity contribution in [2.75, 3.05) is 5.32 Å². The summed E-state index contributed by atoms with van der Waals surface area (Å²) in [7, 11) is 0. The Morgan fingerprint density at radius 2 is 2.32 bits per heavy atom. The van der Waals surface area contributed by atoms with Crippen molar-refractivity contribution in [1.82, 2.24) is 9.97 Å². The maximum Gasteiger partial charge on any atom is 0.318 e. The third-order valence-corrected chi connectivity index (χ3v) is 4.23. The van der Waals surface area contributed by atoms with Crippen LogP contribution < -0.4 is 11.1 Å². The predicted octanol–water partition coefficient (Wildman–Crippen LogP) is 0.997. The molecule has 2 atom stereocenters. The van der Waals surface area contributed by atoms with Crippen LogP contribution in [-0.2, 0) is 11.1 Å². The lowest BCUT2D eigenvalue weighted by Gasteiger charge is -2.17. The molecular formula is C10H9N4O3S2-. The van der Waals surface area contributed by atoms with Crippen LogP contribution in [-0.4, -0.2) is 24.8 Å². The van der Waals surface area contributed by atoms with Crippen molar-refractivity contribution in [2.24, 2.45) is 5.73 Å². The highest BCUT2D eigenvalue weighted by atomic mass is 32.2. The van der Waals surface area contributed by atoms with Crippen molar-refractivity contribution in [3.05, 3.63) is 41.2 Å². The van der Waals surface area contributed by atoms with Crippen molar-refractivity contribution in [3.8, 4) is 0 Å². The van der Waals surface area contributed by atoms with Crippen molar-refractivity contribution in [2.45, 2.75) is 5.25 Å². The molecule has 0 saturated carbocycles. The smallest absolute Gasteiger partial charge is 0.318 e. The zero-order chi connectivity index (χ0) is 13.8. The molecule has 0 aliphatic carbocycles. The van der Waals surface area contributed by atoms with Crippen LogP contribution in [0.25, 0.3) is 0 Å². The molecule has 0 saturated heterocycles. The molecule has 0 aliphatic heterocycles. The second-order valence-electron chi connectivity index (χ2n) is 3.48. The van der Waals surface area contributed by atoms with Gasteiger partial charge in [0.25, 0.3) is 0 Å². The quantitative estimate of drug-likeness (QED) is 0.815. The fraction of sp³-hybridized carbons (Fsp3) is 0.100. The number of urea groups is 1. The summed E-state index contributed by atoms with van der Waals surface area (Å²) in [5.74, 6) is 0. The number of nitrogens with two attached hydrogens (primary N) is 1. The predicted molar refractivity (Wildman–Crippen MR) is 70.3 cm³/mol. The molecule has 2 rings (SSSR count). The number of carbonyl (C=O) groups excluding carboxylic acids is 1. The van der Waals surface area contributed by atoms with E-state index < -0.39 is 22.4 Å². The van der Waals surface area contributed by atoms with E-state index in [9.17, 15) is 13.6 Å². The van der Waals surface area contributed by atoms with Crippen molar-refractivity contribution in [3.63, 3.8) is 0 Å². The van der Waals surface area contributed by atoms with Crippen LogP contribution in [0.5, 0.6) is 0 Å². The second kappa shape index (κ2) is 5.87. The topological polar surface area (TPSA) is 121 Å². The molecule has 100 valence electrons. The van der Waals surface area contributed by atoms with Gasteiger partial charge in [0, 0.05) is 23.5 Å². The highest BCUT2D eigenvalue weighted by Crippen LogP contribution is 2.32. The van der Waals surface area contributed by atoms with Crippen LogP contribution in [0.1, 0.15) is 15.7 Å². The normalized spacial score (nSPS) is 13.7. The number of pyridine rings is 1. The number of carbonyl (C=O) groups is 1. The van der Waals surface area contributed by atoms with Gasteiger partial charge in [0.05, 0.1) is 5.25 Å². The molecule has 7 nitrogen and oxygen atoms in total. The third-order valence-electron chi connectivity index (χ3n) is 2.19. The molecular weight excluding hydrogens is 288 g/mol. The molecule has 19 heavy (non-hydrogen) atoms. The van der Waals surface area contributed by atoms with Gasteiger partial charge in [-0.25, -0.2) is 9.78 Å². The van der Waals surface area contributed by atoms with Crippen LogP contribution in [0.4, 0.5) is 9.93 Å². The molecule has 2 heterocycles. The molecule has 0 aromatic carbocycles. The average Bonchev–Trinajstić information content (AvgIpc) is 2.77. The summed E-state index contributed by atoms with van der Waals surface area (Å²) in [5.41, 5.74) is 5.50. The van der Waals surface area contributed by atoms with Gasteiger partial charge in [0.15, 0.2) is 5.13 Å². The zero-order valence-corrected chi connectivity index (χ0v) is 11.1. The van der Waals surface area contributed by atoms with E-state index in [1.807, 2.05) is 0 Å². The van der Waals surface area contributed by atoms with Crippen LogP contribution in [0.2, 0.25) is 0 Å². The van der Waals surface area contributed by atoms with Gasteiger partial charge in [-0.05, 0) is 22.7 Å². The molecule has 2 amide bonds. The number of primary amides is 1. The molecule has 2 aromatic heterocycles. The molecule has 0 spiro atoms. The van der Waals surface area contributed by atoms with Gasteiger partial charge in [-0.3, -0.25) is 14.5 Å². The lowest BCUT2D eigenvalue weighted by Crippen LogP contribution is -2.18. The number of anilines is 1. The Morgan fingerprint density at radius 3 is 2.89 bits per heavy atom. The number of amides is 2. The Labute approximate surface area is 115 Å². The standard InChI is InChI=1S/C10H10N4O3S2/c11-9(15)14-10-13-5-7(18-10)8(19(16)17)6-2-1-3-12-4-6/h1-5,8H,(H,16,17)(H3,11,13,14,15)/p-1. The van der Waals surface area contributed by atoms with E-state index in [4.69, 9.17) is 5.73 Å². The van der Waals surface area contributed by atoms with Gasteiger partial charge >= 0.3 is 6.03 Å². The number of hydrogen-bond donors (Lipinski definition) is 2. The molecule has 3 N–H and O–H groups in total. The summed E-state index contributed by atoms with van der Waals surface area (Å²) in [4.78, 5) is 19.0. The summed E-state index contributed by atoms with van der Waals surface area (Å²) in [5, 5.41) is 1.69. The van der Waals surface area contributed by atoms with Gasteiger partial charge in [-0.2, -0.15) is 0 Å². The maximum atomic E-state index is 11.4. The van der Waals surface area contributed by atoms with E-state index in [-0.39, 0.29) is 5.13 Å². The Bertz CT molecular complexity index is 602. The highest BCUT2D eigenvalue weighted by Gasteiger charge is 2.18. The lowest BCUT2D eigenvalue weighted by molar-refractivity contribution is 0.259. The van der Waals surface area contributed by atoms with Crippen LogP contribution in [0.3, 0.4) is 0 Å². The number of aromatic nitrogens is 2. The number of nitrogens with zero attached hydrogens (tertiary/aromatic N) is 2. The van der Waals surface area contributed by atoms with E-state index in [1.165, 1.54) is 12.4 Å². The number of thiazole rings is 1. The summed E-state index contributed by atoms with van der Waals surface area (Å²) in [6.45, 7) is 0. The lowest BCUT2D eigenvalue weighted by atomic mass is 10.2. The van der Waals surface area contributed by atoms with E-state index in [0.29, 0.717) is 10.4 Å². The Morgan fingerprint density at radius 1 is 1.53 bits per heavy atom.